The lowest BCUT2D eigenvalue weighted by Gasteiger charge is -2.26. The fourth-order valence-electron chi connectivity index (χ4n) is 13.5. The summed E-state index contributed by atoms with van der Waals surface area (Å²) in [4.78, 5) is 34.3. The van der Waals surface area contributed by atoms with Crippen LogP contribution in [0.3, 0.4) is 0 Å². The molecule has 3 aromatic heterocycles. The van der Waals surface area contributed by atoms with Gasteiger partial charge in [-0.05, 0) is 195 Å². The highest BCUT2D eigenvalue weighted by Gasteiger charge is 2.37. The van der Waals surface area contributed by atoms with Gasteiger partial charge in [0.2, 0.25) is 0 Å². The minimum atomic E-state index is -0.249. The predicted molar refractivity (Wildman–Crippen MR) is 407 cm³/mol. The normalized spacial score (nSPS) is 14.0. The van der Waals surface area contributed by atoms with Crippen molar-refractivity contribution in [1.82, 2.24) is 34.5 Å². The fourth-order valence-corrected chi connectivity index (χ4v) is 13.5. The van der Waals surface area contributed by atoms with E-state index in [2.05, 4.69) is 336 Å². The van der Waals surface area contributed by atoms with Crippen molar-refractivity contribution in [3.8, 4) is 85.1 Å². The van der Waals surface area contributed by atoms with Crippen LogP contribution in [0.1, 0.15) is 236 Å². The summed E-state index contributed by atoms with van der Waals surface area (Å²) in [5.74, 6) is 3.52. The lowest BCUT2D eigenvalue weighted by Crippen LogP contribution is -2.17. The molecule has 0 fully saturated rings. The van der Waals surface area contributed by atoms with Crippen LogP contribution in [0.2, 0.25) is 0 Å². The largest absolute Gasteiger partial charge is 0.308 e. The molecule has 0 saturated carbocycles. The van der Waals surface area contributed by atoms with Crippen LogP contribution in [0.15, 0.2) is 152 Å². The predicted octanol–water partition coefficient (Wildman–Crippen LogP) is 23.8. The third kappa shape index (κ3) is 12.8. The van der Waals surface area contributed by atoms with Gasteiger partial charge in [-0.1, -0.05) is 247 Å². The average Bonchev–Trinajstić information content (AvgIpc) is 1.54. The van der Waals surface area contributed by atoms with Gasteiger partial charge in [-0.3, -0.25) is 0 Å². The molecule has 11 aromatic rings. The SMILES string of the molecule is CC(C)(C)c1cc(-c2nc(-c3cc(C(C)(C)C)cc(C(C)(C)C)c3)nc(-c3ccc(-n4c5ccccc5c5cc6c(cc54)C(C)(C)c4ccccc4-6)c(-c4nc(-c5cc(C(C)(C)C)cc(C(C)(C)C)c5)nc(-c5cc(C(C)(C)C)cc(C(C)(C)C)c5)n4)c3)n2)cc(C(C)(C)C)c1. The molecule has 12 rings (SSSR count). The molecule has 8 aromatic carbocycles. The Morgan fingerprint density at radius 2 is 0.573 bits per heavy atom. The summed E-state index contributed by atoms with van der Waals surface area (Å²) < 4.78 is 2.46. The molecule has 0 radical (unpaired) electrons. The second kappa shape index (κ2) is 22.9. The first-order chi connectivity index (χ1) is 44.3. The maximum absolute atomic E-state index is 5.83. The van der Waals surface area contributed by atoms with Gasteiger partial charge in [-0.15, -0.1) is 0 Å². The summed E-state index contributed by atoms with van der Waals surface area (Å²) in [6.45, 7) is 59.7. The Labute approximate surface area is 574 Å². The number of aromatic nitrogens is 7. The Kier molecular flexibility index (Phi) is 16.1. The van der Waals surface area contributed by atoms with Crippen molar-refractivity contribution in [1.29, 1.82) is 0 Å². The summed E-state index contributed by atoms with van der Waals surface area (Å²) in [5, 5.41) is 2.34. The monoisotopic (exact) mass is 1270 g/mol. The van der Waals surface area contributed by atoms with Crippen LogP contribution >= 0.6 is 0 Å². The van der Waals surface area contributed by atoms with Crippen molar-refractivity contribution in [2.45, 2.75) is 229 Å². The topological polar surface area (TPSA) is 82.3 Å². The molecule has 0 aliphatic heterocycles. The molecule has 7 nitrogen and oxygen atoms in total. The molecule has 0 atom stereocenters. The number of rotatable bonds is 7. The van der Waals surface area contributed by atoms with Crippen molar-refractivity contribution >= 4 is 21.8 Å². The quantitative estimate of drug-likeness (QED) is 0.158. The van der Waals surface area contributed by atoms with Crippen LogP contribution in [0.25, 0.3) is 107 Å². The van der Waals surface area contributed by atoms with E-state index in [1.807, 2.05) is 0 Å². The van der Waals surface area contributed by atoms with E-state index in [4.69, 9.17) is 29.9 Å². The van der Waals surface area contributed by atoms with E-state index in [0.717, 1.165) is 55.5 Å². The summed E-state index contributed by atoms with van der Waals surface area (Å²) in [5.41, 5.74) is 22.0. The van der Waals surface area contributed by atoms with Gasteiger partial charge in [0.25, 0.3) is 0 Å². The molecule has 0 spiro atoms. The molecule has 96 heavy (non-hydrogen) atoms. The first kappa shape index (κ1) is 67.6. The van der Waals surface area contributed by atoms with E-state index < -0.39 is 0 Å². The van der Waals surface area contributed by atoms with Gasteiger partial charge >= 0.3 is 0 Å². The Hall–Kier alpha value is -8.42. The highest BCUT2D eigenvalue weighted by Crippen LogP contribution is 2.52. The first-order valence-corrected chi connectivity index (χ1v) is 34.8. The number of benzene rings is 8. The Bertz CT molecular complexity index is 4590. The number of hydrogen-bond acceptors (Lipinski definition) is 6. The van der Waals surface area contributed by atoms with E-state index in [-0.39, 0.29) is 48.7 Å². The molecule has 1 aliphatic carbocycles. The lowest BCUT2D eigenvalue weighted by molar-refractivity contribution is 0.568. The third-order valence-corrected chi connectivity index (χ3v) is 20.1. The lowest BCUT2D eigenvalue weighted by atomic mass is 9.79. The zero-order valence-electron chi connectivity index (χ0n) is 62.6. The maximum Gasteiger partial charge on any atom is 0.166 e. The maximum atomic E-state index is 5.83. The number of hydrogen-bond donors (Lipinski definition) is 0. The molecule has 3 heterocycles. The van der Waals surface area contributed by atoms with Gasteiger partial charge in [0.15, 0.2) is 34.9 Å². The van der Waals surface area contributed by atoms with Crippen LogP contribution < -0.4 is 0 Å². The van der Waals surface area contributed by atoms with Crippen LogP contribution in [0.5, 0.6) is 0 Å². The zero-order chi connectivity index (χ0) is 69.7. The Morgan fingerprint density at radius 1 is 0.250 bits per heavy atom. The highest BCUT2D eigenvalue weighted by molar-refractivity contribution is 6.12. The van der Waals surface area contributed by atoms with Gasteiger partial charge < -0.3 is 4.57 Å². The second-order valence-corrected chi connectivity index (χ2v) is 36.5. The average molecular weight is 1270 g/mol. The third-order valence-electron chi connectivity index (χ3n) is 20.1. The molecule has 0 amide bonds. The minimum Gasteiger partial charge on any atom is -0.308 e. The molecule has 494 valence electrons. The van der Waals surface area contributed by atoms with E-state index in [1.165, 1.54) is 72.1 Å². The molecule has 0 saturated heterocycles. The second-order valence-electron chi connectivity index (χ2n) is 36.5. The van der Waals surface area contributed by atoms with E-state index in [9.17, 15) is 0 Å². The standard InChI is InChI=1S/C89H103N7/c1-81(2,3)57-37-53(38-58(46-57)82(4,5)6)76-90-75(91-77(92-76)54-39-59(83(7,8)9)47-60(40-54)84(10,11)12)52-35-36-73(96-72-34-30-28-32-66(72)68-50-67-65-31-27-29-33-70(65)89(25,26)71(67)51-74(68)96)69(45-52)80-94-78(55-41-61(85(13,14)15)48-62(42-55)86(16,17)18)93-79(95-80)56-43-63(87(19,20)21)49-64(44-56)88(22,23)24/h27-51H,1-26H3. The van der Waals surface area contributed by atoms with Crippen molar-refractivity contribution in [2.75, 3.05) is 0 Å². The smallest absolute Gasteiger partial charge is 0.166 e. The summed E-state index contributed by atoms with van der Waals surface area (Å²) in [7, 11) is 0. The first-order valence-electron chi connectivity index (χ1n) is 34.8. The molecular formula is C89H103N7. The van der Waals surface area contributed by atoms with Crippen molar-refractivity contribution in [2.24, 2.45) is 0 Å². The molecule has 0 bridgehead atoms. The van der Waals surface area contributed by atoms with Crippen molar-refractivity contribution in [3.05, 3.63) is 207 Å². The fraction of sp³-hybridized carbons (Fsp3) is 0.393. The summed E-state index contributed by atoms with van der Waals surface area (Å²) in [6, 6.07) is 57.3. The van der Waals surface area contributed by atoms with Crippen LogP contribution in [0, 0.1) is 0 Å². The molecule has 0 unspecified atom stereocenters. The van der Waals surface area contributed by atoms with Gasteiger partial charge in [-0.2, -0.15) is 0 Å². The Morgan fingerprint density at radius 3 is 0.938 bits per heavy atom. The van der Waals surface area contributed by atoms with Crippen LogP contribution in [-0.2, 0) is 48.7 Å². The summed E-state index contributed by atoms with van der Waals surface area (Å²) in [6.07, 6.45) is 0. The number of nitrogens with zero attached hydrogens (tertiary/aromatic N) is 7. The molecule has 7 heteroatoms. The zero-order valence-corrected chi connectivity index (χ0v) is 62.6. The number of para-hydroxylation sites is 1. The summed E-state index contributed by atoms with van der Waals surface area (Å²) >= 11 is 0. The minimum absolute atomic E-state index is 0.151. The van der Waals surface area contributed by atoms with Crippen molar-refractivity contribution in [3.63, 3.8) is 0 Å². The van der Waals surface area contributed by atoms with E-state index >= 15 is 0 Å². The van der Waals surface area contributed by atoms with Crippen molar-refractivity contribution < 1.29 is 0 Å². The molecule has 0 N–H and O–H groups in total. The molecule has 1 aliphatic rings. The van der Waals surface area contributed by atoms with Gasteiger partial charge in [-0.25, -0.2) is 29.9 Å². The molecular weight excluding hydrogens is 1170 g/mol. The van der Waals surface area contributed by atoms with Gasteiger partial charge in [0.1, 0.15) is 0 Å². The highest BCUT2D eigenvalue weighted by atomic mass is 15.1. The van der Waals surface area contributed by atoms with E-state index in [0.29, 0.717) is 34.9 Å². The van der Waals surface area contributed by atoms with E-state index in [1.54, 1.807) is 0 Å². The van der Waals surface area contributed by atoms with Crippen LogP contribution in [-0.4, -0.2) is 34.5 Å². The number of fused-ring (bicyclic) bond motifs is 6. The van der Waals surface area contributed by atoms with Gasteiger partial charge in [0.05, 0.1) is 16.7 Å². The Balaban J connectivity index is 1.24. The van der Waals surface area contributed by atoms with Crippen LogP contribution in [0.4, 0.5) is 0 Å². The van der Waals surface area contributed by atoms with Gasteiger partial charge in [0, 0.05) is 49.6 Å².